The first-order valence-electron chi connectivity index (χ1n) is 13.9. The van der Waals surface area contributed by atoms with E-state index in [0.29, 0.717) is 11.3 Å². The number of carbonyl (C=O) groups excluding carboxylic acids is 4. The first kappa shape index (κ1) is 34.6. The van der Waals surface area contributed by atoms with Gasteiger partial charge in [0.25, 0.3) is 5.96 Å². The van der Waals surface area contributed by atoms with E-state index in [1.807, 2.05) is 0 Å². The predicted octanol–water partition coefficient (Wildman–Crippen LogP) is 6.82. The van der Waals surface area contributed by atoms with Crippen LogP contribution in [-0.2, 0) is 23.7 Å². The number of esters is 1. The Morgan fingerprint density at radius 3 is 1.90 bits per heavy atom. The molecule has 0 N–H and O–H groups in total. The molecule has 0 aliphatic rings. The van der Waals surface area contributed by atoms with Crippen molar-refractivity contribution >= 4 is 30.2 Å². The Hall–Kier alpha value is -3.44. The summed E-state index contributed by atoms with van der Waals surface area (Å²) in [4.78, 5) is 54.8. The van der Waals surface area contributed by atoms with Gasteiger partial charge >= 0.3 is 24.2 Å². The topological polar surface area (TPSA) is 139 Å². The Balaban J connectivity index is 2.81. The van der Waals surface area contributed by atoms with Crippen molar-refractivity contribution in [3.63, 3.8) is 0 Å². The van der Waals surface area contributed by atoms with Crippen molar-refractivity contribution in [2.24, 2.45) is 4.99 Å². The second kappa shape index (κ2) is 17.3. The van der Waals surface area contributed by atoms with E-state index in [2.05, 4.69) is 17.0 Å². The Bertz CT molecular complexity index is 962. The molecule has 1 rings (SSSR count). The van der Waals surface area contributed by atoms with E-state index in [4.69, 9.17) is 18.9 Å². The average Bonchev–Trinajstić information content (AvgIpc) is 3.35. The van der Waals surface area contributed by atoms with Crippen LogP contribution in [0.25, 0.3) is 0 Å². The lowest BCUT2D eigenvalue weighted by Crippen LogP contribution is -2.48. The van der Waals surface area contributed by atoms with Crippen molar-refractivity contribution in [1.82, 2.24) is 14.7 Å². The summed E-state index contributed by atoms with van der Waals surface area (Å²) in [6.07, 6.45) is 9.31. The van der Waals surface area contributed by atoms with E-state index >= 15 is 0 Å². The molecular formula is C28H46N4O8. The lowest BCUT2D eigenvalue weighted by atomic mass is 10.1. The highest BCUT2D eigenvalue weighted by Crippen LogP contribution is 2.15. The highest BCUT2D eigenvalue weighted by Gasteiger charge is 2.35. The Morgan fingerprint density at radius 2 is 1.38 bits per heavy atom. The number of amides is 3. The standard InChI is InChI=1S/C28H46N4O8/c1-8-9-10-11-12-13-14-15-16-18-22(33)37-21-38-25(35)32(26(36)40-28(5,6)7)23(31-20-17-19-29-31)30-24(34)39-27(2,3)4/h17,19-20H,8-16,18,21H2,1-7H3/b30-23+. The molecule has 0 saturated heterocycles. The molecule has 1 aromatic rings. The number of aromatic nitrogens is 2. The molecule has 0 fully saturated rings. The third-order valence-electron chi connectivity index (χ3n) is 5.14. The first-order valence-corrected chi connectivity index (χ1v) is 13.9. The summed E-state index contributed by atoms with van der Waals surface area (Å²) < 4.78 is 21.6. The molecule has 0 atom stereocenters. The minimum Gasteiger partial charge on any atom is -0.443 e. The van der Waals surface area contributed by atoms with Gasteiger partial charge in [-0.1, -0.05) is 58.3 Å². The van der Waals surface area contributed by atoms with E-state index < -0.39 is 48.2 Å². The average molecular weight is 567 g/mol. The van der Waals surface area contributed by atoms with Crippen molar-refractivity contribution < 1.29 is 38.1 Å². The fourth-order valence-electron chi connectivity index (χ4n) is 3.36. The summed E-state index contributed by atoms with van der Waals surface area (Å²) in [7, 11) is 0. The molecule has 12 nitrogen and oxygen atoms in total. The lowest BCUT2D eigenvalue weighted by molar-refractivity contribution is -0.152. The molecule has 1 heterocycles. The zero-order valence-electron chi connectivity index (χ0n) is 25.1. The van der Waals surface area contributed by atoms with Crippen LogP contribution in [0.3, 0.4) is 0 Å². The molecule has 0 aliphatic heterocycles. The minimum absolute atomic E-state index is 0.182. The monoisotopic (exact) mass is 566 g/mol. The van der Waals surface area contributed by atoms with E-state index in [1.165, 1.54) is 50.6 Å². The van der Waals surface area contributed by atoms with Crippen molar-refractivity contribution in [2.45, 2.75) is 124 Å². The van der Waals surface area contributed by atoms with Crippen LogP contribution >= 0.6 is 0 Å². The summed E-state index contributed by atoms with van der Waals surface area (Å²) in [5.41, 5.74) is -1.89. The summed E-state index contributed by atoms with van der Waals surface area (Å²) in [6, 6.07) is 1.50. The largest absolute Gasteiger partial charge is 0.443 e. The molecular weight excluding hydrogens is 520 g/mol. The van der Waals surface area contributed by atoms with Gasteiger partial charge in [-0.05, 0) is 54.0 Å². The van der Waals surface area contributed by atoms with Crippen LogP contribution in [0.2, 0.25) is 0 Å². The molecule has 3 amide bonds. The number of unbranched alkanes of at least 4 members (excludes halogenated alkanes) is 8. The number of aliphatic imine (C=N–C) groups is 1. The molecule has 226 valence electrons. The van der Waals surface area contributed by atoms with Gasteiger partial charge in [-0.3, -0.25) is 4.79 Å². The number of nitrogens with zero attached hydrogens (tertiary/aromatic N) is 4. The molecule has 12 heteroatoms. The maximum Gasteiger partial charge on any atom is 0.437 e. The summed E-state index contributed by atoms with van der Waals surface area (Å²) in [6.45, 7) is 11.2. The summed E-state index contributed by atoms with van der Waals surface area (Å²) in [5, 5.41) is 3.97. The third kappa shape index (κ3) is 15.2. The van der Waals surface area contributed by atoms with Crippen molar-refractivity contribution in [1.29, 1.82) is 0 Å². The fourth-order valence-corrected chi connectivity index (χ4v) is 3.36. The maximum atomic E-state index is 13.0. The molecule has 0 spiro atoms. The van der Waals surface area contributed by atoms with E-state index in [1.54, 1.807) is 41.5 Å². The Labute approximate surface area is 237 Å². The van der Waals surface area contributed by atoms with Gasteiger partial charge in [0, 0.05) is 18.8 Å². The first-order chi connectivity index (χ1) is 18.7. The molecule has 0 saturated carbocycles. The Morgan fingerprint density at radius 1 is 0.800 bits per heavy atom. The number of hydrogen-bond donors (Lipinski definition) is 0. The number of carbonyl (C=O) groups is 4. The van der Waals surface area contributed by atoms with Crippen molar-refractivity contribution in [2.75, 3.05) is 6.79 Å². The van der Waals surface area contributed by atoms with Gasteiger partial charge in [-0.25, -0.2) is 19.1 Å². The second-order valence-electron chi connectivity index (χ2n) is 11.3. The quantitative estimate of drug-likeness (QED) is 0.0666. The van der Waals surface area contributed by atoms with Gasteiger partial charge in [0.05, 0.1) is 0 Å². The molecule has 0 aromatic carbocycles. The van der Waals surface area contributed by atoms with Crippen LogP contribution in [-0.4, -0.2) is 62.9 Å². The lowest BCUT2D eigenvalue weighted by Gasteiger charge is -2.26. The van der Waals surface area contributed by atoms with Gasteiger partial charge in [-0.15, -0.1) is 9.89 Å². The smallest absolute Gasteiger partial charge is 0.437 e. The van der Waals surface area contributed by atoms with Gasteiger partial charge in [0.1, 0.15) is 11.2 Å². The molecule has 0 unspecified atom stereocenters. The highest BCUT2D eigenvalue weighted by atomic mass is 16.7. The summed E-state index contributed by atoms with van der Waals surface area (Å²) >= 11 is 0. The van der Waals surface area contributed by atoms with Crippen LogP contribution in [0.4, 0.5) is 14.4 Å². The predicted molar refractivity (Wildman–Crippen MR) is 149 cm³/mol. The molecule has 0 bridgehead atoms. The van der Waals surface area contributed by atoms with Crippen molar-refractivity contribution in [3.05, 3.63) is 18.5 Å². The molecule has 0 aliphatic carbocycles. The van der Waals surface area contributed by atoms with Gasteiger partial charge in [0.2, 0.25) is 6.79 Å². The minimum atomic E-state index is -1.29. The second-order valence-corrected chi connectivity index (χ2v) is 11.3. The zero-order chi connectivity index (χ0) is 30.2. The van der Waals surface area contributed by atoms with Gasteiger partial charge in [-0.2, -0.15) is 5.10 Å². The third-order valence-corrected chi connectivity index (χ3v) is 5.14. The SMILES string of the molecule is CCCCCCCCCCCC(=O)OCOC(=O)N(C(=O)OC(C)(C)C)/C(=N/C(=O)OC(C)(C)C)n1cccn1. The maximum absolute atomic E-state index is 13.0. The number of rotatable bonds is 12. The van der Waals surface area contributed by atoms with E-state index in [0.717, 1.165) is 23.9 Å². The molecule has 1 aromatic heterocycles. The van der Waals surface area contributed by atoms with Crippen LogP contribution in [0.1, 0.15) is 113 Å². The van der Waals surface area contributed by atoms with Crippen LogP contribution < -0.4 is 0 Å². The number of hydrogen-bond acceptors (Lipinski definition) is 9. The number of imide groups is 1. The summed E-state index contributed by atoms with van der Waals surface area (Å²) in [5.74, 6) is -1.08. The van der Waals surface area contributed by atoms with Gasteiger partial charge < -0.3 is 18.9 Å². The number of ether oxygens (including phenoxy) is 4. The zero-order valence-corrected chi connectivity index (χ0v) is 25.1. The van der Waals surface area contributed by atoms with Gasteiger partial charge in [0.15, 0.2) is 0 Å². The van der Waals surface area contributed by atoms with Crippen molar-refractivity contribution in [3.8, 4) is 0 Å². The fraction of sp³-hybridized carbons (Fsp3) is 0.714. The van der Waals surface area contributed by atoms with Crippen LogP contribution in [0, 0.1) is 0 Å². The highest BCUT2D eigenvalue weighted by molar-refractivity contribution is 6.10. The van der Waals surface area contributed by atoms with E-state index in [9.17, 15) is 19.2 Å². The molecule has 0 radical (unpaired) electrons. The molecule has 40 heavy (non-hydrogen) atoms. The van der Waals surface area contributed by atoms with E-state index in [-0.39, 0.29) is 6.42 Å². The Kier molecular flexibility index (Phi) is 15.0. The normalized spacial score (nSPS) is 12.0. The van der Waals surface area contributed by atoms with Crippen LogP contribution in [0.5, 0.6) is 0 Å². The van der Waals surface area contributed by atoms with Crippen LogP contribution in [0.15, 0.2) is 23.5 Å².